The summed E-state index contributed by atoms with van der Waals surface area (Å²) in [4.78, 5) is 27.4. The predicted octanol–water partition coefficient (Wildman–Crippen LogP) is 4.55. The van der Waals surface area contributed by atoms with E-state index in [1.165, 1.54) is 18.3 Å². The van der Waals surface area contributed by atoms with Crippen LogP contribution >= 0.6 is 34.8 Å². The normalized spacial score (nSPS) is 10.7. The van der Waals surface area contributed by atoms with Gasteiger partial charge in [0.05, 0.1) is 10.0 Å². The van der Waals surface area contributed by atoms with E-state index in [1.807, 2.05) is 0 Å². The second-order valence-corrected chi connectivity index (χ2v) is 6.16. The molecule has 0 saturated carbocycles. The van der Waals surface area contributed by atoms with Gasteiger partial charge in [-0.2, -0.15) is 0 Å². The summed E-state index contributed by atoms with van der Waals surface area (Å²) in [6.07, 6.45) is 4.11. The zero-order valence-corrected chi connectivity index (χ0v) is 15.3. The van der Waals surface area contributed by atoms with E-state index < -0.39 is 18.5 Å². The van der Waals surface area contributed by atoms with E-state index in [0.29, 0.717) is 15.6 Å². The van der Waals surface area contributed by atoms with Gasteiger partial charge in [0.15, 0.2) is 12.4 Å². The lowest BCUT2D eigenvalue weighted by Crippen LogP contribution is -2.21. The quantitative estimate of drug-likeness (QED) is 0.592. The molecule has 0 bridgehead atoms. The predicted molar refractivity (Wildman–Crippen MR) is 99.1 cm³/mol. The number of amides is 1. The molecule has 0 radical (unpaired) electrons. The van der Waals surface area contributed by atoms with Crippen LogP contribution in [0, 0.1) is 6.92 Å². The average Bonchev–Trinajstić information content (AvgIpc) is 2.59. The first-order valence-electron chi connectivity index (χ1n) is 7.07. The largest absolute Gasteiger partial charge is 0.452 e. The van der Waals surface area contributed by atoms with Crippen molar-refractivity contribution in [2.45, 2.75) is 6.92 Å². The number of nitrogens with one attached hydrogen (secondary N) is 1. The van der Waals surface area contributed by atoms with Crippen molar-refractivity contribution in [2.24, 2.45) is 0 Å². The van der Waals surface area contributed by atoms with Crippen LogP contribution in [0.5, 0.6) is 0 Å². The maximum absolute atomic E-state index is 11.8. The molecule has 0 atom stereocenters. The molecule has 8 heteroatoms. The number of rotatable bonds is 5. The molecule has 2 aromatic rings. The van der Waals surface area contributed by atoms with Crippen LogP contribution in [-0.4, -0.2) is 23.5 Å². The summed E-state index contributed by atoms with van der Waals surface area (Å²) < 4.78 is 4.85. The summed E-state index contributed by atoms with van der Waals surface area (Å²) in [6, 6.07) is 6.94. The van der Waals surface area contributed by atoms with Gasteiger partial charge in [0.1, 0.15) is 0 Å². The Morgan fingerprint density at radius 1 is 1.28 bits per heavy atom. The number of hydrogen-bond acceptors (Lipinski definition) is 4. The molecule has 1 aromatic heterocycles. The molecule has 0 aliphatic carbocycles. The van der Waals surface area contributed by atoms with E-state index in [9.17, 15) is 9.59 Å². The standard InChI is InChI=1S/C17H13Cl3N2O3/c1-10-13(19)8-21-17(16(10)20)22-14(23)9-25-15(24)6-5-11-3-2-4-12(18)7-11/h2-8H,9H2,1H3,(H,21,22,23)/b6-5+. The molecule has 1 aromatic carbocycles. The second-order valence-electron chi connectivity index (χ2n) is 4.94. The first kappa shape index (κ1) is 19.2. The summed E-state index contributed by atoms with van der Waals surface area (Å²) >= 11 is 17.8. The number of pyridine rings is 1. The Hall–Kier alpha value is -2.08. The molecule has 0 spiro atoms. The van der Waals surface area contributed by atoms with Crippen LogP contribution < -0.4 is 5.32 Å². The van der Waals surface area contributed by atoms with Gasteiger partial charge >= 0.3 is 5.97 Å². The van der Waals surface area contributed by atoms with Gasteiger partial charge in [0.25, 0.3) is 5.91 Å². The van der Waals surface area contributed by atoms with E-state index in [0.717, 1.165) is 5.56 Å². The Balaban J connectivity index is 1.87. The number of halogens is 3. The molecule has 0 fully saturated rings. The number of aromatic nitrogens is 1. The zero-order chi connectivity index (χ0) is 18.4. The molecular formula is C17H13Cl3N2O3. The molecule has 1 heterocycles. The van der Waals surface area contributed by atoms with Crippen molar-refractivity contribution in [2.75, 3.05) is 11.9 Å². The van der Waals surface area contributed by atoms with Gasteiger partial charge in [-0.15, -0.1) is 0 Å². The molecule has 5 nitrogen and oxygen atoms in total. The zero-order valence-electron chi connectivity index (χ0n) is 13.1. The van der Waals surface area contributed by atoms with Crippen molar-refractivity contribution in [3.63, 3.8) is 0 Å². The highest BCUT2D eigenvalue weighted by Crippen LogP contribution is 2.28. The molecule has 25 heavy (non-hydrogen) atoms. The fourth-order valence-electron chi connectivity index (χ4n) is 1.77. The summed E-state index contributed by atoms with van der Waals surface area (Å²) in [6.45, 7) is 1.22. The molecule has 1 amide bonds. The van der Waals surface area contributed by atoms with E-state index in [1.54, 1.807) is 31.2 Å². The van der Waals surface area contributed by atoms with Crippen LogP contribution in [0.25, 0.3) is 6.08 Å². The van der Waals surface area contributed by atoms with Crippen LogP contribution in [-0.2, 0) is 14.3 Å². The van der Waals surface area contributed by atoms with Gasteiger partial charge in [0, 0.05) is 17.3 Å². The van der Waals surface area contributed by atoms with Crippen molar-refractivity contribution in [1.29, 1.82) is 0 Å². The monoisotopic (exact) mass is 398 g/mol. The fourth-order valence-corrected chi connectivity index (χ4v) is 2.36. The number of carbonyl (C=O) groups excluding carboxylic acids is 2. The maximum atomic E-state index is 11.8. The highest BCUT2D eigenvalue weighted by Gasteiger charge is 2.12. The average molecular weight is 400 g/mol. The molecule has 0 saturated heterocycles. The van der Waals surface area contributed by atoms with Crippen molar-refractivity contribution in [3.05, 3.63) is 62.7 Å². The number of benzene rings is 1. The minimum Gasteiger partial charge on any atom is -0.452 e. The molecule has 1 N–H and O–H groups in total. The Labute approximate surface area is 159 Å². The first-order valence-corrected chi connectivity index (χ1v) is 8.21. The third-order valence-electron chi connectivity index (χ3n) is 3.07. The Kier molecular flexibility index (Phi) is 6.82. The van der Waals surface area contributed by atoms with Crippen LogP contribution in [0.2, 0.25) is 15.1 Å². The Bertz CT molecular complexity index is 838. The maximum Gasteiger partial charge on any atom is 0.331 e. The molecular weight excluding hydrogens is 387 g/mol. The summed E-state index contributed by atoms with van der Waals surface area (Å²) in [7, 11) is 0. The van der Waals surface area contributed by atoms with E-state index in [-0.39, 0.29) is 10.8 Å². The van der Waals surface area contributed by atoms with Crippen molar-refractivity contribution in [1.82, 2.24) is 4.98 Å². The summed E-state index contributed by atoms with van der Waals surface area (Å²) in [5.41, 5.74) is 1.33. The minimum absolute atomic E-state index is 0.152. The lowest BCUT2D eigenvalue weighted by molar-refractivity contribution is -0.142. The first-order chi connectivity index (χ1) is 11.9. The Morgan fingerprint density at radius 3 is 2.76 bits per heavy atom. The number of anilines is 1. The van der Waals surface area contributed by atoms with E-state index >= 15 is 0 Å². The van der Waals surface area contributed by atoms with Gasteiger partial charge in [-0.3, -0.25) is 4.79 Å². The van der Waals surface area contributed by atoms with Gasteiger partial charge in [0.2, 0.25) is 0 Å². The van der Waals surface area contributed by atoms with Crippen LogP contribution in [0.4, 0.5) is 5.82 Å². The van der Waals surface area contributed by atoms with Crippen molar-refractivity contribution >= 4 is 58.6 Å². The molecule has 0 unspecified atom stereocenters. The van der Waals surface area contributed by atoms with Gasteiger partial charge in [-0.1, -0.05) is 46.9 Å². The number of ether oxygens (including phenoxy) is 1. The Morgan fingerprint density at radius 2 is 2.04 bits per heavy atom. The highest BCUT2D eigenvalue weighted by atomic mass is 35.5. The molecule has 0 aliphatic rings. The van der Waals surface area contributed by atoms with E-state index in [4.69, 9.17) is 39.5 Å². The van der Waals surface area contributed by atoms with Gasteiger partial charge < -0.3 is 10.1 Å². The summed E-state index contributed by atoms with van der Waals surface area (Å²) in [5.74, 6) is -1.08. The number of nitrogens with zero attached hydrogens (tertiary/aromatic N) is 1. The third kappa shape index (κ3) is 5.74. The molecule has 130 valence electrons. The molecule has 0 aliphatic heterocycles. The fraction of sp³-hybridized carbons (Fsp3) is 0.118. The number of carbonyl (C=O) groups is 2. The van der Waals surface area contributed by atoms with Crippen molar-refractivity contribution < 1.29 is 14.3 Å². The number of esters is 1. The number of hydrogen-bond donors (Lipinski definition) is 1. The highest BCUT2D eigenvalue weighted by molar-refractivity contribution is 6.37. The van der Waals surface area contributed by atoms with Crippen LogP contribution in [0.1, 0.15) is 11.1 Å². The van der Waals surface area contributed by atoms with Crippen molar-refractivity contribution in [3.8, 4) is 0 Å². The van der Waals surface area contributed by atoms with Gasteiger partial charge in [-0.05, 0) is 36.3 Å². The second kappa shape index (κ2) is 8.85. The minimum atomic E-state index is -0.665. The molecule has 2 rings (SSSR count). The smallest absolute Gasteiger partial charge is 0.331 e. The third-order valence-corrected chi connectivity index (χ3v) is 4.14. The van der Waals surface area contributed by atoms with Crippen LogP contribution in [0.3, 0.4) is 0 Å². The summed E-state index contributed by atoms with van der Waals surface area (Å²) in [5, 5.41) is 3.63. The van der Waals surface area contributed by atoms with Crippen LogP contribution in [0.15, 0.2) is 36.5 Å². The van der Waals surface area contributed by atoms with Gasteiger partial charge in [-0.25, -0.2) is 9.78 Å². The lowest BCUT2D eigenvalue weighted by Gasteiger charge is -2.09. The topological polar surface area (TPSA) is 68.3 Å². The van der Waals surface area contributed by atoms with E-state index in [2.05, 4.69) is 10.3 Å². The SMILES string of the molecule is Cc1c(Cl)cnc(NC(=O)COC(=O)/C=C/c2cccc(Cl)c2)c1Cl. The lowest BCUT2D eigenvalue weighted by atomic mass is 10.2.